The van der Waals surface area contributed by atoms with Gasteiger partial charge in [0.15, 0.2) is 16.9 Å². The molecule has 1 N–H and O–H groups in total. The Morgan fingerprint density at radius 2 is 1.59 bits per heavy atom. The van der Waals surface area contributed by atoms with Gasteiger partial charge in [0, 0.05) is 12.5 Å². The number of carbonyl (C=O) groups excluding carboxylic acids is 2. The van der Waals surface area contributed by atoms with E-state index in [0.717, 1.165) is 16.9 Å². The molecule has 2 aromatic carbocycles. The fraction of sp³-hybridized carbons (Fsp3) is 0.417. The van der Waals surface area contributed by atoms with Crippen LogP contribution in [-0.4, -0.2) is 46.9 Å². The standard InChI is InChI=1S/C24H29NO7/c1-6-32-23(27)24(22(26)25-14-15-7-9-17(28-2)10-8-15)13-18(24)16-11-19(29-3)21(31-5)20(12-16)30-4/h7-12,18H,6,13-14H2,1-5H3,(H,25,26)/t18-,24-/m0/s1. The van der Waals surface area contributed by atoms with E-state index in [4.69, 9.17) is 23.7 Å². The van der Waals surface area contributed by atoms with E-state index in [1.807, 2.05) is 24.3 Å². The lowest BCUT2D eigenvalue weighted by Crippen LogP contribution is -2.39. The van der Waals surface area contributed by atoms with Gasteiger partial charge in [0.1, 0.15) is 5.75 Å². The van der Waals surface area contributed by atoms with E-state index >= 15 is 0 Å². The third kappa shape index (κ3) is 4.30. The van der Waals surface area contributed by atoms with Gasteiger partial charge in [-0.25, -0.2) is 0 Å². The smallest absolute Gasteiger partial charge is 0.322 e. The Morgan fingerprint density at radius 3 is 2.09 bits per heavy atom. The molecule has 8 heteroatoms. The van der Waals surface area contributed by atoms with Crippen LogP contribution in [0.2, 0.25) is 0 Å². The summed E-state index contributed by atoms with van der Waals surface area (Å²) in [5, 5.41) is 2.89. The number of esters is 1. The molecule has 1 saturated carbocycles. The van der Waals surface area contributed by atoms with Crippen LogP contribution in [0.15, 0.2) is 36.4 Å². The average Bonchev–Trinajstić information content (AvgIpc) is 3.59. The maximum absolute atomic E-state index is 13.2. The van der Waals surface area contributed by atoms with Crippen LogP contribution in [0.1, 0.15) is 30.4 Å². The summed E-state index contributed by atoms with van der Waals surface area (Å²) in [4.78, 5) is 26.1. The number of rotatable bonds is 10. The van der Waals surface area contributed by atoms with Crippen molar-refractivity contribution >= 4 is 11.9 Å². The van der Waals surface area contributed by atoms with Gasteiger partial charge in [-0.1, -0.05) is 12.1 Å². The van der Waals surface area contributed by atoms with E-state index in [-0.39, 0.29) is 25.0 Å². The summed E-state index contributed by atoms with van der Waals surface area (Å²) in [5.41, 5.74) is 0.336. The summed E-state index contributed by atoms with van der Waals surface area (Å²) in [6.07, 6.45) is 0.332. The van der Waals surface area contributed by atoms with Gasteiger partial charge >= 0.3 is 5.97 Å². The molecule has 32 heavy (non-hydrogen) atoms. The van der Waals surface area contributed by atoms with Crippen molar-refractivity contribution in [3.8, 4) is 23.0 Å². The molecule has 3 rings (SSSR count). The lowest BCUT2D eigenvalue weighted by atomic mass is 9.97. The van der Waals surface area contributed by atoms with E-state index in [1.165, 1.54) is 21.3 Å². The normalized spacial score (nSPS) is 19.0. The highest BCUT2D eigenvalue weighted by Crippen LogP contribution is 2.61. The molecule has 0 unspecified atom stereocenters. The molecule has 0 heterocycles. The van der Waals surface area contributed by atoms with Gasteiger partial charge in [0.25, 0.3) is 0 Å². The van der Waals surface area contributed by atoms with Gasteiger partial charge in [0.05, 0.1) is 35.0 Å². The first-order valence-electron chi connectivity index (χ1n) is 10.3. The summed E-state index contributed by atoms with van der Waals surface area (Å²) < 4.78 is 26.7. The Morgan fingerprint density at radius 1 is 0.969 bits per heavy atom. The van der Waals surface area contributed by atoms with Gasteiger partial charge in [-0.15, -0.1) is 0 Å². The van der Waals surface area contributed by atoms with Crippen molar-refractivity contribution in [1.82, 2.24) is 5.32 Å². The quantitative estimate of drug-likeness (QED) is 0.446. The average molecular weight is 443 g/mol. The highest BCUT2D eigenvalue weighted by molar-refractivity contribution is 6.07. The molecule has 2 atom stereocenters. The van der Waals surface area contributed by atoms with Crippen LogP contribution in [-0.2, 0) is 20.9 Å². The maximum atomic E-state index is 13.2. The Balaban J connectivity index is 1.86. The van der Waals surface area contributed by atoms with E-state index in [2.05, 4.69) is 5.32 Å². The summed E-state index contributed by atoms with van der Waals surface area (Å²) in [5.74, 6) is 0.829. The van der Waals surface area contributed by atoms with Crippen molar-refractivity contribution in [2.45, 2.75) is 25.8 Å². The Labute approximate surface area is 187 Å². The minimum absolute atomic E-state index is 0.189. The zero-order chi connectivity index (χ0) is 23.3. The minimum Gasteiger partial charge on any atom is -0.497 e. The lowest BCUT2D eigenvalue weighted by molar-refractivity contribution is -0.154. The van der Waals surface area contributed by atoms with E-state index in [0.29, 0.717) is 23.7 Å². The number of nitrogens with one attached hydrogen (secondary N) is 1. The molecule has 0 aromatic heterocycles. The summed E-state index contributed by atoms with van der Waals surface area (Å²) >= 11 is 0. The van der Waals surface area contributed by atoms with Crippen molar-refractivity contribution in [3.05, 3.63) is 47.5 Å². The van der Waals surface area contributed by atoms with Gasteiger partial charge in [-0.2, -0.15) is 0 Å². The first-order chi connectivity index (χ1) is 15.4. The SMILES string of the molecule is CCOC(=O)[C@@]1(C(=O)NCc2ccc(OC)cc2)C[C@H]1c1cc(OC)c(OC)c(OC)c1. The van der Waals surface area contributed by atoms with Crippen LogP contribution < -0.4 is 24.3 Å². The third-order valence-electron chi connectivity index (χ3n) is 5.71. The van der Waals surface area contributed by atoms with Crippen LogP contribution in [0, 0.1) is 5.41 Å². The first kappa shape index (κ1) is 23.2. The number of benzene rings is 2. The van der Waals surface area contributed by atoms with E-state index in [9.17, 15) is 9.59 Å². The first-order valence-corrected chi connectivity index (χ1v) is 10.3. The van der Waals surface area contributed by atoms with E-state index < -0.39 is 11.4 Å². The Bertz CT molecular complexity index is 948. The molecular formula is C24H29NO7. The van der Waals surface area contributed by atoms with Crippen LogP contribution in [0.25, 0.3) is 0 Å². The number of methoxy groups -OCH3 is 4. The number of carbonyl (C=O) groups is 2. The monoisotopic (exact) mass is 443 g/mol. The van der Waals surface area contributed by atoms with Crippen LogP contribution in [0.4, 0.5) is 0 Å². The molecule has 1 amide bonds. The lowest BCUT2D eigenvalue weighted by Gasteiger charge is -2.18. The molecule has 2 aromatic rings. The van der Waals surface area contributed by atoms with Gasteiger partial charge in [-0.3, -0.25) is 9.59 Å². The third-order valence-corrected chi connectivity index (χ3v) is 5.71. The van der Waals surface area contributed by atoms with Gasteiger partial charge in [-0.05, 0) is 48.7 Å². The number of ether oxygens (including phenoxy) is 5. The van der Waals surface area contributed by atoms with Crippen LogP contribution >= 0.6 is 0 Å². The van der Waals surface area contributed by atoms with Crippen LogP contribution in [0.5, 0.6) is 23.0 Å². The zero-order valence-corrected chi connectivity index (χ0v) is 19.0. The maximum Gasteiger partial charge on any atom is 0.322 e. The summed E-state index contributed by atoms with van der Waals surface area (Å²) in [7, 11) is 6.16. The second-order valence-corrected chi connectivity index (χ2v) is 7.44. The second-order valence-electron chi connectivity index (χ2n) is 7.44. The van der Waals surface area contributed by atoms with Crippen molar-refractivity contribution in [1.29, 1.82) is 0 Å². The number of hydrogen-bond donors (Lipinski definition) is 1. The van der Waals surface area contributed by atoms with Gasteiger partial charge in [0.2, 0.25) is 11.7 Å². The van der Waals surface area contributed by atoms with Crippen molar-refractivity contribution in [2.24, 2.45) is 5.41 Å². The van der Waals surface area contributed by atoms with E-state index in [1.54, 1.807) is 26.2 Å². The highest BCUT2D eigenvalue weighted by atomic mass is 16.5. The van der Waals surface area contributed by atoms with Crippen molar-refractivity contribution in [3.63, 3.8) is 0 Å². The fourth-order valence-corrected chi connectivity index (χ4v) is 3.88. The summed E-state index contributed by atoms with van der Waals surface area (Å²) in [6, 6.07) is 10.9. The molecular weight excluding hydrogens is 414 g/mol. The molecule has 0 saturated heterocycles. The van der Waals surface area contributed by atoms with Crippen LogP contribution in [0.3, 0.4) is 0 Å². The fourth-order valence-electron chi connectivity index (χ4n) is 3.88. The predicted molar refractivity (Wildman–Crippen MR) is 117 cm³/mol. The Hall–Kier alpha value is -3.42. The largest absolute Gasteiger partial charge is 0.497 e. The predicted octanol–water partition coefficient (Wildman–Crippen LogP) is 3.07. The van der Waals surface area contributed by atoms with Gasteiger partial charge < -0.3 is 29.0 Å². The second kappa shape index (κ2) is 9.80. The topological polar surface area (TPSA) is 92.3 Å². The van der Waals surface area contributed by atoms with Crippen molar-refractivity contribution < 1.29 is 33.3 Å². The molecule has 0 bridgehead atoms. The highest BCUT2D eigenvalue weighted by Gasteiger charge is 2.67. The van der Waals surface area contributed by atoms with Crippen molar-refractivity contribution in [2.75, 3.05) is 35.0 Å². The molecule has 0 radical (unpaired) electrons. The molecule has 172 valence electrons. The molecule has 8 nitrogen and oxygen atoms in total. The number of amides is 1. The summed E-state index contributed by atoms with van der Waals surface area (Å²) in [6.45, 7) is 2.19. The molecule has 1 aliphatic carbocycles. The molecule has 1 fully saturated rings. The zero-order valence-electron chi connectivity index (χ0n) is 19.0. The molecule has 0 spiro atoms. The number of hydrogen-bond acceptors (Lipinski definition) is 7. The molecule has 0 aliphatic heterocycles. The minimum atomic E-state index is -1.30. The molecule has 1 aliphatic rings. The Kier molecular flexibility index (Phi) is 7.12.